The van der Waals surface area contributed by atoms with Crippen molar-refractivity contribution in [2.45, 2.75) is 71.4 Å². The van der Waals surface area contributed by atoms with E-state index in [1.54, 1.807) is 48.3 Å². The second kappa shape index (κ2) is 20.2. The van der Waals surface area contributed by atoms with E-state index in [4.69, 9.17) is 9.52 Å². The minimum atomic E-state index is -1.62. The normalized spacial score (nSPS) is 19.7. The summed E-state index contributed by atoms with van der Waals surface area (Å²) in [5, 5.41) is 22.6. The summed E-state index contributed by atoms with van der Waals surface area (Å²) in [5.41, 5.74) is 2.09. The minimum absolute atomic E-state index is 0.00494. The molecule has 10 heterocycles. The van der Waals surface area contributed by atoms with E-state index in [0.29, 0.717) is 74.9 Å². The number of carboxylic acid groups (broad SMARTS) is 1. The molecule has 6 amide bonds. The Kier molecular flexibility index (Phi) is 13.6. The molecule has 4 saturated heterocycles. The van der Waals surface area contributed by atoms with Crippen molar-refractivity contribution in [1.29, 1.82) is 0 Å². The van der Waals surface area contributed by atoms with Gasteiger partial charge in [0.2, 0.25) is 17.7 Å². The maximum Gasteiger partial charge on any atom is 0.392 e. The van der Waals surface area contributed by atoms with Crippen LogP contribution in [-0.4, -0.2) is 136 Å². The molecule has 6 aliphatic rings. The third-order valence-corrected chi connectivity index (χ3v) is 14.4. The fraction of sp³-hybridized carbons (Fsp3) is 0.388. The van der Waals surface area contributed by atoms with Crippen molar-refractivity contribution in [2.24, 2.45) is 10.8 Å². The van der Waals surface area contributed by atoms with E-state index in [1.807, 2.05) is 6.92 Å². The molecule has 28 heteroatoms. The van der Waals surface area contributed by atoms with E-state index in [0.717, 1.165) is 30.9 Å². The quantitative estimate of drug-likeness (QED) is 0.146. The Balaban J connectivity index is 0.000000155. The summed E-state index contributed by atoms with van der Waals surface area (Å²) >= 11 is 0. The standard InChI is InChI=1S/C24H22F3N7O4.C21H22F3N5O2.C4H3NO3/c1-13-8-34-18(9-32(13)23(37)30-14-4-15(25)20(27)16(26)5-14)17(7-29-34)33-12-24(6-19(33)35)10-31(11-24)22(36)21-28-2-3-38-21;1-12-7-29-17(16(6-26-29)28-11-21(5-19(28)31)9-25-10-21)8-27(12)18(30)4-13-2-14(22)20(24)15(23)3-13;6-4(7)3-5-1-2-8-3/h2-5,7,13H,6,8-12H2,1H3,(H,30,37);2-3,6,12,25H,4-5,7-11H2,1H3;1-2H,(H,6,7)/t13-;12-;/m00./s1. The third-order valence-electron chi connectivity index (χ3n) is 14.4. The van der Waals surface area contributed by atoms with E-state index in [-0.39, 0.29) is 90.1 Å². The highest BCUT2D eigenvalue weighted by Gasteiger charge is 2.54. The summed E-state index contributed by atoms with van der Waals surface area (Å²) in [6.45, 7) is 8.15. The summed E-state index contributed by atoms with van der Waals surface area (Å²) in [5.74, 6) is -10.8. The zero-order valence-electron chi connectivity index (χ0n) is 41.0. The molecule has 0 bridgehead atoms. The van der Waals surface area contributed by atoms with Gasteiger partial charge < -0.3 is 49.1 Å². The molecule has 6 aromatic rings. The Morgan fingerprint density at radius 1 is 0.701 bits per heavy atom. The van der Waals surface area contributed by atoms with Crippen LogP contribution in [0.15, 0.2) is 70.4 Å². The average Bonchev–Trinajstić information content (AvgIpc) is 4.43. The van der Waals surface area contributed by atoms with Gasteiger partial charge in [0.05, 0.1) is 86.2 Å². The number of carboxylic acids is 1. The number of aromatic nitrogens is 6. The third kappa shape index (κ3) is 10.1. The number of nitrogens with zero attached hydrogens (tertiary/aromatic N) is 11. The number of benzene rings is 2. The van der Waals surface area contributed by atoms with E-state index >= 15 is 0 Å². The van der Waals surface area contributed by atoms with E-state index in [2.05, 4.69) is 35.2 Å². The van der Waals surface area contributed by atoms with Gasteiger partial charge in [-0.05, 0) is 31.5 Å². The Hall–Kier alpha value is -8.56. The number of hydrogen-bond acceptors (Lipinski definition) is 13. The fourth-order valence-electron chi connectivity index (χ4n) is 10.5. The van der Waals surface area contributed by atoms with Crippen molar-refractivity contribution in [2.75, 3.05) is 54.4 Å². The number of oxazole rings is 2. The van der Waals surface area contributed by atoms with Crippen molar-refractivity contribution >= 4 is 52.7 Å². The van der Waals surface area contributed by atoms with E-state index in [9.17, 15) is 55.1 Å². The van der Waals surface area contributed by atoms with Crippen LogP contribution < -0.4 is 20.4 Å². The number of hydrogen-bond donors (Lipinski definition) is 3. The number of nitrogens with one attached hydrogen (secondary N) is 2. The van der Waals surface area contributed by atoms with Crippen molar-refractivity contribution < 1.29 is 69.1 Å². The molecule has 2 aromatic carbocycles. The number of likely N-dealkylation sites (tertiary alicyclic amines) is 1. The number of carbonyl (C=O) groups is 6. The van der Waals surface area contributed by atoms with Crippen molar-refractivity contribution in [3.63, 3.8) is 0 Å². The van der Waals surface area contributed by atoms with Crippen LogP contribution in [0, 0.1) is 45.7 Å². The molecule has 4 aromatic heterocycles. The Bertz CT molecular complexity index is 3260. The molecule has 2 atom stereocenters. The molecule has 3 N–H and O–H groups in total. The molecule has 2 spiro atoms. The van der Waals surface area contributed by atoms with Gasteiger partial charge in [0.1, 0.15) is 12.5 Å². The largest absolute Gasteiger partial charge is 0.474 e. The Morgan fingerprint density at radius 2 is 1.19 bits per heavy atom. The summed E-state index contributed by atoms with van der Waals surface area (Å²) in [7, 11) is 0. The van der Waals surface area contributed by atoms with Gasteiger partial charge in [-0.25, -0.2) is 45.9 Å². The zero-order chi connectivity index (χ0) is 54.7. The van der Waals surface area contributed by atoms with Crippen LogP contribution in [-0.2, 0) is 47.0 Å². The molecular formula is C49H47F6N13O9. The average molecular weight is 1080 g/mol. The molecule has 0 radical (unpaired) electrons. The SMILES string of the molecule is C[C@H]1Cn2ncc(N3CC4(CC3=O)CN(C(=O)c3ncco3)C4)c2CN1C(=O)Nc1cc(F)c(F)c(F)c1.C[C@H]1Cn2ncc(N3CC4(CNC4)CC3=O)c2CN1C(=O)Cc1cc(F)c(F)c(F)c1.O=C(O)c1ncco1. The predicted octanol–water partition coefficient (Wildman–Crippen LogP) is 4.58. The highest BCUT2D eigenvalue weighted by Crippen LogP contribution is 2.44. The van der Waals surface area contributed by atoms with Gasteiger partial charge in [0.15, 0.2) is 34.9 Å². The maximum atomic E-state index is 13.6. The molecular weight excluding hydrogens is 1030 g/mol. The Morgan fingerprint density at radius 3 is 1.68 bits per heavy atom. The topological polar surface area (TPSA) is 251 Å². The van der Waals surface area contributed by atoms with Gasteiger partial charge in [-0.15, -0.1) is 0 Å². The molecule has 0 aliphatic carbocycles. The highest BCUT2D eigenvalue weighted by molar-refractivity contribution is 5.99. The van der Waals surface area contributed by atoms with Crippen LogP contribution in [0.3, 0.4) is 0 Å². The minimum Gasteiger partial charge on any atom is -0.474 e. The smallest absolute Gasteiger partial charge is 0.392 e. The molecule has 0 unspecified atom stereocenters. The van der Waals surface area contributed by atoms with Crippen LogP contribution in [0.1, 0.15) is 65.0 Å². The number of rotatable bonds is 7. The summed E-state index contributed by atoms with van der Waals surface area (Å²) in [6.07, 6.45) is 8.97. The lowest BCUT2D eigenvalue weighted by molar-refractivity contribution is -0.134. The summed E-state index contributed by atoms with van der Waals surface area (Å²) < 4.78 is 93.8. The van der Waals surface area contributed by atoms with Gasteiger partial charge in [0.25, 0.3) is 5.89 Å². The number of carbonyl (C=O) groups excluding carboxylic acids is 5. The molecule has 77 heavy (non-hydrogen) atoms. The summed E-state index contributed by atoms with van der Waals surface area (Å²) in [6, 6.07) is 1.94. The van der Waals surface area contributed by atoms with Crippen molar-refractivity contribution in [3.8, 4) is 0 Å². The number of amides is 6. The van der Waals surface area contributed by atoms with E-state index in [1.165, 1.54) is 29.8 Å². The molecule has 12 rings (SSSR count). The van der Waals surface area contributed by atoms with Crippen LogP contribution in [0.5, 0.6) is 0 Å². The van der Waals surface area contributed by atoms with Crippen LogP contribution in [0.4, 0.5) is 48.2 Å². The first-order valence-electron chi connectivity index (χ1n) is 24.1. The monoisotopic (exact) mass is 1080 g/mol. The number of urea groups is 1. The van der Waals surface area contributed by atoms with Crippen LogP contribution in [0.25, 0.3) is 0 Å². The molecule has 0 saturated carbocycles. The van der Waals surface area contributed by atoms with Crippen molar-refractivity contribution in [3.05, 3.63) is 125 Å². The number of anilines is 3. The lowest BCUT2D eigenvalue weighted by Crippen LogP contribution is -2.59. The maximum absolute atomic E-state index is 13.6. The lowest BCUT2D eigenvalue weighted by Gasteiger charge is -2.46. The number of aromatic carboxylic acids is 1. The van der Waals surface area contributed by atoms with Crippen molar-refractivity contribution in [1.82, 2.24) is 49.5 Å². The highest BCUT2D eigenvalue weighted by atomic mass is 19.2. The van der Waals surface area contributed by atoms with Gasteiger partial charge in [0, 0.05) is 86.8 Å². The first-order chi connectivity index (χ1) is 36.7. The summed E-state index contributed by atoms with van der Waals surface area (Å²) in [4.78, 5) is 89.3. The molecule has 22 nitrogen and oxygen atoms in total. The predicted molar refractivity (Wildman–Crippen MR) is 252 cm³/mol. The number of halogens is 6. The molecule has 404 valence electrons. The fourth-order valence-corrected chi connectivity index (χ4v) is 10.5. The first kappa shape index (κ1) is 51.9. The van der Waals surface area contributed by atoms with Gasteiger partial charge in [-0.3, -0.25) is 28.5 Å². The van der Waals surface area contributed by atoms with Gasteiger partial charge >= 0.3 is 23.8 Å². The second-order valence-electron chi connectivity index (χ2n) is 20.0. The zero-order valence-corrected chi connectivity index (χ0v) is 41.0. The van der Waals surface area contributed by atoms with Crippen LogP contribution in [0.2, 0.25) is 0 Å². The first-order valence-corrected chi connectivity index (χ1v) is 24.1. The van der Waals surface area contributed by atoms with E-state index < -0.39 is 52.3 Å². The van der Waals surface area contributed by atoms with Gasteiger partial charge in [-0.2, -0.15) is 10.2 Å². The number of fused-ring (bicyclic) bond motifs is 2. The second-order valence-corrected chi connectivity index (χ2v) is 20.0. The molecule has 6 aliphatic heterocycles. The Labute approximate surface area is 432 Å². The molecule has 4 fully saturated rings. The van der Waals surface area contributed by atoms with Gasteiger partial charge in [-0.1, -0.05) is 0 Å². The lowest BCUT2D eigenvalue weighted by atomic mass is 9.79. The van der Waals surface area contributed by atoms with Crippen LogP contribution >= 0.6 is 0 Å².